The third-order valence-corrected chi connectivity index (χ3v) is 2.09. The molecule has 0 spiro atoms. The van der Waals surface area contributed by atoms with E-state index in [2.05, 4.69) is 5.32 Å². The molecule has 0 unspecified atom stereocenters. The number of unbranched alkanes of at least 4 members (excludes halogenated alkanes) is 3. The average molecular weight is 229 g/mol. The third kappa shape index (κ3) is 22.6. The second kappa shape index (κ2) is 10.9. The summed E-state index contributed by atoms with van der Waals surface area (Å²) >= 11 is 0. The van der Waals surface area contributed by atoms with Crippen LogP contribution in [-0.2, 0) is 10.1 Å². The van der Waals surface area contributed by atoms with Gasteiger partial charge < -0.3 is 5.32 Å². The fraction of sp³-hybridized carbons (Fsp3) is 1.00. The summed E-state index contributed by atoms with van der Waals surface area (Å²) in [5.41, 5.74) is 0. The molecule has 0 saturated heterocycles. The van der Waals surface area contributed by atoms with Gasteiger partial charge in [-0.3, -0.25) is 8.94 Å². The summed E-state index contributed by atoms with van der Waals surface area (Å²) in [4.78, 5) is 0. The van der Waals surface area contributed by atoms with Crippen molar-refractivity contribution in [3.05, 3.63) is 0 Å². The van der Waals surface area contributed by atoms with E-state index >= 15 is 0 Å². The maximum Gasteiger partial charge on any atom is 0.264 e. The quantitative estimate of drug-likeness (QED) is 0.531. The van der Waals surface area contributed by atoms with Crippen LogP contribution in [-0.4, -0.2) is 39.5 Å². The number of hydrogen-bond donors (Lipinski definition) is 2. The lowest BCUT2D eigenvalue weighted by Gasteiger charge is -1.96. The maximum absolute atomic E-state index is 11.5. The van der Waals surface area contributed by atoms with Crippen molar-refractivity contribution in [2.24, 2.45) is 0 Å². The number of hydrogen-bond acceptors (Lipinski definition) is 3. The Kier molecular flexibility index (Phi) is 12.6. The van der Waals surface area contributed by atoms with E-state index in [0.29, 0.717) is 25.7 Å². The lowest BCUT2D eigenvalue weighted by atomic mass is 10.2. The Morgan fingerprint density at radius 2 is 1.57 bits per heavy atom. The minimum atomic E-state index is -3.81. The fourth-order valence-electron chi connectivity index (χ4n) is 0.733. The second-order valence-electron chi connectivity index (χ2n) is 2.89. The van der Waals surface area contributed by atoms with Crippen LogP contribution >= 0.6 is 0 Å². The molecule has 14 heavy (non-hydrogen) atoms. The summed E-state index contributed by atoms with van der Waals surface area (Å²) in [6.07, 6.45) is 2.24. The van der Waals surface area contributed by atoms with Gasteiger partial charge in [0, 0.05) is 0 Å². The second-order valence-corrected chi connectivity index (χ2v) is 4.46. The van der Waals surface area contributed by atoms with E-state index in [1.165, 1.54) is 0 Å². The molecule has 0 aliphatic rings. The Hall–Kier alpha value is -0.200. The summed E-state index contributed by atoms with van der Waals surface area (Å²) in [6.45, 7) is -0.355. The van der Waals surface area contributed by atoms with Gasteiger partial charge >= 0.3 is 0 Å². The molecule has 0 fully saturated rings. The topological polar surface area (TPSA) is 66.4 Å². The first-order chi connectivity index (χ1) is 6.47. The van der Waals surface area contributed by atoms with E-state index in [9.17, 15) is 12.8 Å². The average Bonchev–Trinajstić information content (AvgIpc) is 2.03. The zero-order chi connectivity index (χ0) is 11.4. The molecule has 0 bridgehead atoms. The van der Waals surface area contributed by atoms with Gasteiger partial charge in [-0.1, -0.05) is 12.8 Å². The summed E-state index contributed by atoms with van der Waals surface area (Å²) in [5.74, 6) is -0.209. The molecule has 0 heterocycles. The van der Waals surface area contributed by atoms with Crippen molar-refractivity contribution in [1.29, 1.82) is 0 Å². The molecule has 0 atom stereocenters. The minimum absolute atomic E-state index is 0.209. The Morgan fingerprint density at radius 3 is 1.93 bits per heavy atom. The molecule has 0 aromatic carbocycles. The van der Waals surface area contributed by atoms with Gasteiger partial charge in [0.1, 0.15) is 0 Å². The molecule has 0 aromatic heterocycles. The van der Waals surface area contributed by atoms with Gasteiger partial charge in [-0.2, -0.15) is 8.42 Å². The van der Waals surface area contributed by atoms with E-state index in [1.54, 1.807) is 0 Å². The van der Waals surface area contributed by atoms with Gasteiger partial charge in [0.25, 0.3) is 10.1 Å². The lowest BCUT2D eigenvalue weighted by molar-refractivity contribution is 0.452. The van der Waals surface area contributed by atoms with Gasteiger partial charge in [-0.15, -0.1) is 0 Å². The molecule has 2 N–H and O–H groups in total. The van der Waals surface area contributed by atoms with E-state index in [0.717, 1.165) is 0 Å². The zero-order valence-electron chi connectivity index (χ0n) is 8.79. The normalized spacial score (nSPS) is 10.6. The van der Waals surface area contributed by atoms with Crippen LogP contribution in [0, 0.1) is 0 Å². The summed E-state index contributed by atoms with van der Waals surface area (Å²) in [6, 6.07) is 0. The number of halogens is 1. The SMILES string of the molecule is CNC.O=S(=O)(O)CCCCCCF. The predicted octanol–water partition coefficient (Wildman–Crippen LogP) is 1.24. The van der Waals surface area contributed by atoms with Crippen LogP contribution in [0.15, 0.2) is 0 Å². The van der Waals surface area contributed by atoms with Crippen molar-refractivity contribution in [3.8, 4) is 0 Å². The fourth-order valence-corrected chi connectivity index (χ4v) is 1.30. The van der Waals surface area contributed by atoms with E-state index in [1.807, 2.05) is 14.1 Å². The molecular weight excluding hydrogens is 209 g/mol. The lowest BCUT2D eigenvalue weighted by Crippen LogP contribution is -2.03. The van der Waals surface area contributed by atoms with Crippen molar-refractivity contribution in [3.63, 3.8) is 0 Å². The molecule has 0 rings (SSSR count). The minimum Gasteiger partial charge on any atom is -0.323 e. The standard InChI is InChI=1S/C6H13FO3S.C2H7N/c7-5-3-1-2-4-6-11(8,9)10;1-3-2/h1-6H2,(H,8,9,10);3H,1-2H3. The molecule has 6 heteroatoms. The van der Waals surface area contributed by atoms with Crippen LogP contribution in [0.25, 0.3) is 0 Å². The van der Waals surface area contributed by atoms with Gasteiger partial charge in [-0.25, -0.2) is 0 Å². The molecule has 0 radical (unpaired) electrons. The maximum atomic E-state index is 11.5. The Bertz CT molecular complexity index is 195. The van der Waals surface area contributed by atoms with Crippen LogP contribution in [0.4, 0.5) is 4.39 Å². The summed E-state index contributed by atoms with van der Waals surface area (Å²) in [7, 11) is -0.0551. The van der Waals surface area contributed by atoms with E-state index in [4.69, 9.17) is 4.55 Å². The Morgan fingerprint density at radius 1 is 1.14 bits per heavy atom. The van der Waals surface area contributed by atoms with Crippen LogP contribution < -0.4 is 5.32 Å². The van der Waals surface area contributed by atoms with Crippen LogP contribution in [0.1, 0.15) is 25.7 Å². The van der Waals surface area contributed by atoms with E-state index in [-0.39, 0.29) is 12.4 Å². The highest BCUT2D eigenvalue weighted by molar-refractivity contribution is 7.85. The van der Waals surface area contributed by atoms with Crippen molar-refractivity contribution < 1.29 is 17.4 Å². The first-order valence-electron chi connectivity index (χ1n) is 4.57. The highest BCUT2D eigenvalue weighted by Crippen LogP contribution is 2.01. The van der Waals surface area contributed by atoms with E-state index < -0.39 is 10.1 Å². The van der Waals surface area contributed by atoms with Gasteiger partial charge in [0.15, 0.2) is 0 Å². The number of rotatable bonds is 6. The van der Waals surface area contributed by atoms with Gasteiger partial charge in [0.2, 0.25) is 0 Å². The molecule has 0 aliphatic heterocycles. The van der Waals surface area contributed by atoms with Crippen LogP contribution in [0.2, 0.25) is 0 Å². The Labute approximate surface area is 85.6 Å². The third-order valence-electron chi connectivity index (χ3n) is 1.29. The molecule has 0 aromatic rings. The Balaban J connectivity index is 0. The number of nitrogens with one attached hydrogen (secondary N) is 1. The zero-order valence-corrected chi connectivity index (χ0v) is 9.61. The molecular formula is C8H20FNO3S. The molecule has 88 valence electrons. The summed E-state index contributed by atoms with van der Waals surface area (Å²) in [5, 5.41) is 2.75. The molecule has 0 aliphatic carbocycles. The van der Waals surface area contributed by atoms with Crippen molar-refractivity contribution in [2.45, 2.75) is 25.7 Å². The summed E-state index contributed by atoms with van der Waals surface area (Å²) < 4.78 is 40.0. The van der Waals surface area contributed by atoms with Crippen LogP contribution in [0.5, 0.6) is 0 Å². The first-order valence-corrected chi connectivity index (χ1v) is 6.18. The van der Waals surface area contributed by atoms with Crippen molar-refractivity contribution in [2.75, 3.05) is 26.5 Å². The number of alkyl halides is 1. The monoisotopic (exact) mass is 229 g/mol. The molecule has 4 nitrogen and oxygen atoms in total. The molecule has 0 saturated carbocycles. The predicted molar refractivity (Wildman–Crippen MR) is 55.8 cm³/mol. The highest BCUT2D eigenvalue weighted by Gasteiger charge is 2.02. The highest BCUT2D eigenvalue weighted by atomic mass is 32.2. The largest absolute Gasteiger partial charge is 0.323 e. The first kappa shape index (κ1) is 16.2. The van der Waals surface area contributed by atoms with Gasteiger partial charge in [-0.05, 0) is 26.9 Å². The van der Waals surface area contributed by atoms with Gasteiger partial charge in [0.05, 0.1) is 12.4 Å². The molecule has 0 amide bonds. The van der Waals surface area contributed by atoms with Crippen LogP contribution in [0.3, 0.4) is 0 Å². The van der Waals surface area contributed by atoms with Crippen molar-refractivity contribution in [1.82, 2.24) is 5.32 Å². The smallest absolute Gasteiger partial charge is 0.264 e. The van der Waals surface area contributed by atoms with Crippen molar-refractivity contribution >= 4 is 10.1 Å².